The average molecular weight is 140 g/mol. The van der Waals surface area contributed by atoms with Gasteiger partial charge in [-0.05, 0) is 6.54 Å². The summed E-state index contributed by atoms with van der Waals surface area (Å²) in [6.45, 7) is 0.615. The van der Waals surface area contributed by atoms with Crippen LogP contribution in [0.5, 0.6) is 0 Å². The van der Waals surface area contributed by atoms with Crippen molar-refractivity contribution in [3.8, 4) is 0 Å². The molecule has 4 nitrogen and oxygen atoms in total. The molecule has 4 heteroatoms. The second-order valence-corrected chi connectivity index (χ2v) is 2.23. The lowest BCUT2D eigenvalue weighted by Gasteiger charge is -1.99. The Labute approximate surface area is 59.8 Å². The van der Waals surface area contributed by atoms with Crippen molar-refractivity contribution in [1.29, 1.82) is 0 Å². The number of hydrogen-bond acceptors (Lipinski definition) is 3. The smallest absolute Gasteiger partial charge is 0.144 e. The predicted molar refractivity (Wildman–Crippen MR) is 40.4 cm³/mol. The van der Waals surface area contributed by atoms with Crippen LogP contribution < -0.4 is 11.5 Å². The Hall–Kier alpha value is -1.03. The standard InChI is InChI=1S/C6H12N4/c1-10-4-9-6(8)5(10)2-3-7/h4H,2-3,7-8H2,1H3. The van der Waals surface area contributed by atoms with Crippen molar-refractivity contribution in [1.82, 2.24) is 9.55 Å². The third-order valence-corrected chi connectivity index (χ3v) is 1.47. The van der Waals surface area contributed by atoms with Gasteiger partial charge < -0.3 is 16.0 Å². The van der Waals surface area contributed by atoms with E-state index in [4.69, 9.17) is 11.5 Å². The number of nitrogen functional groups attached to an aromatic ring is 1. The molecule has 0 saturated carbocycles. The molecule has 1 heterocycles. The topological polar surface area (TPSA) is 69.9 Å². The van der Waals surface area contributed by atoms with E-state index in [0.717, 1.165) is 12.1 Å². The van der Waals surface area contributed by atoms with Crippen molar-refractivity contribution in [2.24, 2.45) is 12.8 Å². The molecule has 0 saturated heterocycles. The van der Waals surface area contributed by atoms with Gasteiger partial charge >= 0.3 is 0 Å². The Morgan fingerprint density at radius 2 is 2.40 bits per heavy atom. The number of anilines is 1. The van der Waals surface area contributed by atoms with E-state index in [0.29, 0.717) is 12.4 Å². The summed E-state index contributed by atoms with van der Waals surface area (Å²) in [4.78, 5) is 3.92. The fourth-order valence-corrected chi connectivity index (χ4v) is 0.915. The second kappa shape index (κ2) is 2.70. The Morgan fingerprint density at radius 3 is 2.80 bits per heavy atom. The Balaban J connectivity index is 2.87. The van der Waals surface area contributed by atoms with E-state index >= 15 is 0 Å². The summed E-state index contributed by atoms with van der Waals surface area (Å²) in [7, 11) is 1.91. The number of nitrogens with two attached hydrogens (primary N) is 2. The minimum atomic E-state index is 0.591. The summed E-state index contributed by atoms with van der Waals surface area (Å²) in [5.41, 5.74) is 11.9. The third kappa shape index (κ3) is 1.11. The molecular weight excluding hydrogens is 128 g/mol. The molecule has 4 N–H and O–H groups in total. The van der Waals surface area contributed by atoms with E-state index < -0.39 is 0 Å². The molecular formula is C6H12N4. The lowest BCUT2D eigenvalue weighted by Crippen LogP contribution is -2.08. The van der Waals surface area contributed by atoms with Crippen LogP contribution in [-0.2, 0) is 13.5 Å². The molecule has 0 atom stereocenters. The normalized spacial score (nSPS) is 10.2. The molecule has 0 bridgehead atoms. The first-order valence-corrected chi connectivity index (χ1v) is 3.21. The van der Waals surface area contributed by atoms with Gasteiger partial charge in [-0.2, -0.15) is 0 Å². The number of aryl methyl sites for hydroxylation is 1. The molecule has 0 amide bonds. The van der Waals surface area contributed by atoms with Crippen LogP contribution in [0.2, 0.25) is 0 Å². The molecule has 0 unspecified atom stereocenters. The van der Waals surface area contributed by atoms with Crippen molar-refractivity contribution in [3.05, 3.63) is 12.0 Å². The quantitative estimate of drug-likeness (QED) is 0.582. The molecule has 0 spiro atoms. The van der Waals surface area contributed by atoms with Gasteiger partial charge in [0.05, 0.1) is 12.0 Å². The van der Waals surface area contributed by atoms with E-state index in [1.807, 2.05) is 11.6 Å². The Bertz CT molecular complexity index is 196. The van der Waals surface area contributed by atoms with Gasteiger partial charge in [-0.15, -0.1) is 0 Å². The molecule has 0 fully saturated rings. The molecule has 1 rings (SSSR count). The zero-order chi connectivity index (χ0) is 7.56. The van der Waals surface area contributed by atoms with E-state index in [1.54, 1.807) is 6.33 Å². The first-order chi connectivity index (χ1) is 4.75. The van der Waals surface area contributed by atoms with Crippen molar-refractivity contribution in [2.75, 3.05) is 12.3 Å². The number of nitrogens with zero attached hydrogens (tertiary/aromatic N) is 2. The zero-order valence-corrected chi connectivity index (χ0v) is 6.04. The fraction of sp³-hybridized carbons (Fsp3) is 0.500. The van der Waals surface area contributed by atoms with E-state index in [-0.39, 0.29) is 0 Å². The Morgan fingerprint density at radius 1 is 1.70 bits per heavy atom. The van der Waals surface area contributed by atoms with Crippen molar-refractivity contribution in [2.45, 2.75) is 6.42 Å². The maximum Gasteiger partial charge on any atom is 0.144 e. The highest BCUT2D eigenvalue weighted by molar-refractivity contribution is 5.34. The van der Waals surface area contributed by atoms with E-state index in [9.17, 15) is 0 Å². The summed E-state index contributed by atoms with van der Waals surface area (Å²) in [6, 6.07) is 0. The lowest BCUT2D eigenvalue weighted by molar-refractivity contribution is 0.806. The van der Waals surface area contributed by atoms with E-state index in [1.165, 1.54) is 0 Å². The van der Waals surface area contributed by atoms with Gasteiger partial charge in [0.25, 0.3) is 0 Å². The van der Waals surface area contributed by atoms with Gasteiger partial charge in [-0.3, -0.25) is 0 Å². The third-order valence-electron chi connectivity index (χ3n) is 1.47. The summed E-state index contributed by atoms with van der Waals surface area (Å²) >= 11 is 0. The zero-order valence-electron chi connectivity index (χ0n) is 6.04. The second-order valence-electron chi connectivity index (χ2n) is 2.23. The largest absolute Gasteiger partial charge is 0.382 e. The highest BCUT2D eigenvalue weighted by atomic mass is 15.1. The van der Waals surface area contributed by atoms with Gasteiger partial charge in [-0.25, -0.2) is 4.98 Å². The first-order valence-electron chi connectivity index (χ1n) is 3.21. The van der Waals surface area contributed by atoms with Crippen LogP contribution >= 0.6 is 0 Å². The van der Waals surface area contributed by atoms with E-state index in [2.05, 4.69) is 4.98 Å². The summed E-state index contributed by atoms with van der Waals surface area (Å²) in [5.74, 6) is 0.591. The fourth-order valence-electron chi connectivity index (χ4n) is 0.915. The minimum Gasteiger partial charge on any atom is -0.382 e. The van der Waals surface area contributed by atoms with Crippen molar-refractivity contribution >= 4 is 5.82 Å². The first kappa shape index (κ1) is 7.08. The lowest BCUT2D eigenvalue weighted by atomic mass is 10.3. The van der Waals surface area contributed by atoms with Crippen LogP contribution in [0.3, 0.4) is 0 Å². The van der Waals surface area contributed by atoms with Gasteiger partial charge in [0.1, 0.15) is 5.82 Å². The molecule has 0 radical (unpaired) electrons. The molecule has 0 aliphatic rings. The van der Waals surface area contributed by atoms with Crippen LogP contribution in [0.4, 0.5) is 5.82 Å². The van der Waals surface area contributed by atoms with Gasteiger partial charge in [0.15, 0.2) is 0 Å². The van der Waals surface area contributed by atoms with Crippen molar-refractivity contribution in [3.63, 3.8) is 0 Å². The summed E-state index contributed by atoms with van der Waals surface area (Å²) in [5, 5.41) is 0. The molecule has 0 aromatic carbocycles. The van der Waals surface area contributed by atoms with Gasteiger partial charge in [-0.1, -0.05) is 0 Å². The number of imidazole rings is 1. The van der Waals surface area contributed by atoms with Crippen LogP contribution in [-0.4, -0.2) is 16.1 Å². The molecule has 0 aliphatic carbocycles. The highest BCUT2D eigenvalue weighted by Gasteiger charge is 2.02. The molecule has 56 valence electrons. The van der Waals surface area contributed by atoms with Crippen LogP contribution in [0.15, 0.2) is 6.33 Å². The van der Waals surface area contributed by atoms with Crippen LogP contribution in [0.25, 0.3) is 0 Å². The number of aromatic nitrogens is 2. The van der Waals surface area contributed by atoms with Crippen molar-refractivity contribution < 1.29 is 0 Å². The average Bonchev–Trinajstić information content (AvgIpc) is 2.20. The van der Waals surface area contributed by atoms with Crippen LogP contribution in [0.1, 0.15) is 5.69 Å². The summed E-state index contributed by atoms with van der Waals surface area (Å²) < 4.78 is 1.89. The van der Waals surface area contributed by atoms with Crippen LogP contribution in [0, 0.1) is 0 Å². The monoisotopic (exact) mass is 140 g/mol. The number of hydrogen-bond donors (Lipinski definition) is 2. The maximum absolute atomic E-state index is 5.54. The predicted octanol–water partition coefficient (Wildman–Crippen LogP) is -0.496. The molecule has 1 aromatic rings. The molecule has 10 heavy (non-hydrogen) atoms. The summed E-state index contributed by atoms with van der Waals surface area (Å²) in [6.07, 6.45) is 2.49. The molecule has 0 aliphatic heterocycles. The SMILES string of the molecule is Cn1cnc(N)c1CCN. The minimum absolute atomic E-state index is 0.591. The molecule has 1 aromatic heterocycles. The maximum atomic E-state index is 5.54. The van der Waals surface area contributed by atoms with Gasteiger partial charge in [0, 0.05) is 13.5 Å². The number of rotatable bonds is 2. The Kier molecular flexibility index (Phi) is 1.91. The van der Waals surface area contributed by atoms with Gasteiger partial charge in [0.2, 0.25) is 0 Å². The highest BCUT2D eigenvalue weighted by Crippen LogP contribution is 2.06.